The van der Waals surface area contributed by atoms with Crippen LogP contribution in [0.3, 0.4) is 0 Å². The van der Waals surface area contributed by atoms with E-state index < -0.39 is 4.92 Å². The highest BCUT2D eigenvalue weighted by Gasteiger charge is 2.14. The summed E-state index contributed by atoms with van der Waals surface area (Å²) >= 11 is 0. The van der Waals surface area contributed by atoms with Crippen molar-refractivity contribution in [2.75, 3.05) is 0 Å². The number of aryl methyl sites for hydroxylation is 1. The molecule has 124 valence electrons. The summed E-state index contributed by atoms with van der Waals surface area (Å²) in [4.78, 5) is 27.0. The number of ketones is 1. The van der Waals surface area contributed by atoms with Gasteiger partial charge in [0, 0.05) is 29.3 Å². The lowest BCUT2D eigenvalue weighted by Gasteiger charge is -2.01. The maximum atomic E-state index is 12.3. The molecule has 6 nitrogen and oxygen atoms in total. The van der Waals surface area contributed by atoms with Crippen molar-refractivity contribution in [1.29, 1.82) is 0 Å². The molecule has 0 radical (unpaired) electrons. The van der Waals surface area contributed by atoms with Crippen molar-refractivity contribution >= 4 is 11.5 Å². The Morgan fingerprint density at radius 1 is 1.16 bits per heavy atom. The molecule has 0 fully saturated rings. The van der Waals surface area contributed by atoms with Crippen molar-refractivity contribution in [2.24, 2.45) is 0 Å². The molecule has 0 unspecified atom stereocenters. The van der Waals surface area contributed by atoms with E-state index in [-0.39, 0.29) is 18.0 Å². The first kappa shape index (κ1) is 16.4. The smallest absolute Gasteiger partial charge is 0.287 e. The normalized spacial score (nSPS) is 10.4. The minimum atomic E-state index is -0.512. The van der Waals surface area contributed by atoms with Crippen molar-refractivity contribution < 1.29 is 14.3 Å². The number of carbonyl (C=O) groups is 1. The summed E-state index contributed by atoms with van der Waals surface area (Å²) in [6, 6.07) is 15.6. The molecule has 0 bridgehead atoms. The van der Waals surface area contributed by atoms with Crippen LogP contribution in [0.2, 0.25) is 0 Å². The molecule has 0 aliphatic heterocycles. The molecule has 0 aliphatic carbocycles. The number of Topliss-reactive ketones (excluding diaryl/α,β-unsaturated/α-hetero) is 1. The monoisotopic (exact) mass is 334 g/mol. The molecule has 6 heteroatoms. The second-order valence-corrected chi connectivity index (χ2v) is 5.71. The van der Waals surface area contributed by atoms with E-state index in [0.717, 1.165) is 11.3 Å². The number of benzene rings is 2. The SMILES string of the molecule is Cc1ccc(-c2cc[n+](CC(=O)c3cccc([N+](=O)[O-])c3)cn2)cc1. The molecule has 25 heavy (non-hydrogen) atoms. The molecule has 3 rings (SSSR count). The van der Waals surface area contributed by atoms with Crippen LogP contribution in [0.15, 0.2) is 67.1 Å². The predicted molar refractivity (Wildman–Crippen MR) is 92.0 cm³/mol. The van der Waals surface area contributed by atoms with Crippen LogP contribution >= 0.6 is 0 Å². The van der Waals surface area contributed by atoms with E-state index in [9.17, 15) is 14.9 Å². The summed E-state index contributed by atoms with van der Waals surface area (Å²) in [7, 11) is 0. The van der Waals surface area contributed by atoms with Crippen LogP contribution < -0.4 is 4.57 Å². The van der Waals surface area contributed by atoms with Gasteiger partial charge in [-0.3, -0.25) is 14.9 Å². The first-order chi connectivity index (χ1) is 12.0. The summed E-state index contributed by atoms with van der Waals surface area (Å²) in [5.41, 5.74) is 3.21. The van der Waals surface area contributed by atoms with E-state index >= 15 is 0 Å². The van der Waals surface area contributed by atoms with Gasteiger partial charge >= 0.3 is 0 Å². The average Bonchev–Trinajstić information content (AvgIpc) is 2.63. The Morgan fingerprint density at radius 2 is 1.92 bits per heavy atom. The molecular weight excluding hydrogens is 318 g/mol. The maximum Gasteiger partial charge on any atom is 0.287 e. The van der Waals surface area contributed by atoms with E-state index in [4.69, 9.17) is 0 Å². The topological polar surface area (TPSA) is 77.0 Å². The minimum absolute atomic E-state index is 0.0718. The quantitative estimate of drug-likeness (QED) is 0.311. The Balaban J connectivity index is 1.75. The fraction of sp³-hybridized carbons (Fsp3) is 0.105. The zero-order valence-electron chi connectivity index (χ0n) is 13.6. The predicted octanol–water partition coefficient (Wildman–Crippen LogP) is 3.14. The highest BCUT2D eigenvalue weighted by molar-refractivity contribution is 5.95. The van der Waals surface area contributed by atoms with Crippen LogP contribution in [-0.2, 0) is 6.54 Å². The van der Waals surface area contributed by atoms with E-state index in [1.54, 1.807) is 23.2 Å². The highest BCUT2D eigenvalue weighted by atomic mass is 16.6. The van der Waals surface area contributed by atoms with E-state index in [1.165, 1.54) is 23.8 Å². The fourth-order valence-electron chi connectivity index (χ4n) is 2.42. The van der Waals surface area contributed by atoms with Gasteiger partial charge in [0.15, 0.2) is 12.2 Å². The van der Waals surface area contributed by atoms with Crippen LogP contribution in [0.1, 0.15) is 15.9 Å². The highest BCUT2D eigenvalue weighted by Crippen LogP contribution is 2.16. The summed E-state index contributed by atoms with van der Waals surface area (Å²) in [5.74, 6) is -0.210. The van der Waals surface area contributed by atoms with Crippen LogP contribution in [0.25, 0.3) is 11.3 Å². The van der Waals surface area contributed by atoms with Crippen molar-refractivity contribution in [1.82, 2.24) is 4.98 Å². The van der Waals surface area contributed by atoms with Gasteiger partial charge in [0.1, 0.15) is 0 Å². The molecule has 0 atom stereocenters. The first-order valence-electron chi connectivity index (χ1n) is 7.73. The molecule has 2 aromatic carbocycles. The molecule has 1 heterocycles. The molecule has 0 saturated heterocycles. The molecular formula is C19H16N3O3+. The zero-order valence-corrected chi connectivity index (χ0v) is 13.6. The van der Waals surface area contributed by atoms with Crippen LogP contribution in [-0.4, -0.2) is 15.7 Å². The Bertz CT molecular complexity index is 919. The number of nitro groups is 1. The zero-order chi connectivity index (χ0) is 17.8. The number of carbonyl (C=O) groups excluding carboxylic acids is 1. The van der Waals surface area contributed by atoms with Crippen LogP contribution in [0, 0.1) is 17.0 Å². The number of nitro benzene ring substituents is 1. The largest absolute Gasteiger partial charge is 0.290 e. The van der Waals surface area contributed by atoms with Crippen molar-refractivity contribution in [3.05, 3.63) is 88.4 Å². The third-order valence-electron chi connectivity index (χ3n) is 3.82. The molecule has 0 N–H and O–H groups in total. The van der Waals surface area contributed by atoms with Gasteiger partial charge in [0.05, 0.1) is 11.1 Å². The van der Waals surface area contributed by atoms with Gasteiger partial charge in [-0.15, -0.1) is 0 Å². The second kappa shape index (κ2) is 7.00. The van der Waals surface area contributed by atoms with Crippen molar-refractivity contribution in [3.8, 4) is 11.3 Å². The van der Waals surface area contributed by atoms with Gasteiger partial charge in [-0.2, -0.15) is 0 Å². The number of rotatable bonds is 5. The van der Waals surface area contributed by atoms with E-state index in [0.29, 0.717) is 5.56 Å². The fourth-order valence-corrected chi connectivity index (χ4v) is 2.42. The number of nitrogens with zero attached hydrogens (tertiary/aromatic N) is 3. The van der Waals surface area contributed by atoms with Gasteiger partial charge in [-0.05, 0) is 11.9 Å². The summed E-state index contributed by atoms with van der Waals surface area (Å²) in [6.07, 6.45) is 3.36. The third kappa shape index (κ3) is 3.92. The van der Waals surface area contributed by atoms with E-state index in [2.05, 4.69) is 4.98 Å². The van der Waals surface area contributed by atoms with Gasteiger partial charge in [0.25, 0.3) is 12.0 Å². The summed E-state index contributed by atoms with van der Waals surface area (Å²) < 4.78 is 1.65. The van der Waals surface area contributed by atoms with Gasteiger partial charge < -0.3 is 0 Å². The number of aromatic nitrogens is 2. The minimum Gasteiger partial charge on any atom is -0.290 e. The maximum absolute atomic E-state index is 12.3. The lowest BCUT2D eigenvalue weighted by atomic mass is 10.1. The van der Waals surface area contributed by atoms with Crippen LogP contribution in [0.5, 0.6) is 0 Å². The Morgan fingerprint density at radius 3 is 2.56 bits per heavy atom. The summed E-state index contributed by atoms with van der Waals surface area (Å²) in [6.45, 7) is 2.10. The molecule has 0 spiro atoms. The Kier molecular flexibility index (Phi) is 4.61. The Labute approximate surface area is 144 Å². The van der Waals surface area contributed by atoms with Gasteiger partial charge in [0.2, 0.25) is 5.78 Å². The van der Waals surface area contributed by atoms with Gasteiger partial charge in [-0.25, -0.2) is 4.57 Å². The summed E-state index contributed by atoms with van der Waals surface area (Å²) in [5, 5.41) is 10.8. The van der Waals surface area contributed by atoms with Crippen molar-refractivity contribution in [2.45, 2.75) is 13.5 Å². The number of hydrogen-bond donors (Lipinski definition) is 0. The number of hydrogen-bond acceptors (Lipinski definition) is 4. The van der Waals surface area contributed by atoms with Crippen molar-refractivity contribution in [3.63, 3.8) is 0 Å². The lowest BCUT2D eigenvalue weighted by molar-refractivity contribution is -0.686. The first-order valence-corrected chi connectivity index (χ1v) is 7.73. The molecule has 1 aromatic heterocycles. The molecule has 3 aromatic rings. The molecule has 0 aliphatic rings. The van der Waals surface area contributed by atoms with Gasteiger partial charge in [-0.1, -0.05) is 42.0 Å². The number of non-ortho nitro benzene ring substituents is 1. The second-order valence-electron chi connectivity index (χ2n) is 5.71. The van der Waals surface area contributed by atoms with E-state index in [1.807, 2.05) is 37.3 Å². The lowest BCUT2D eigenvalue weighted by Crippen LogP contribution is -2.37. The molecule has 0 saturated carbocycles. The third-order valence-corrected chi connectivity index (χ3v) is 3.82. The standard InChI is InChI=1S/C19H16N3O3/c1-14-5-7-15(8-6-14)18-9-10-21(13-20-18)12-19(23)16-3-2-4-17(11-16)22(24)25/h2-11,13H,12H2,1H3/q+1. The molecule has 0 amide bonds. The average molecular weight is 334 g/mol. The van der Waals surface area contributed by atoms with Crippen LogP contribution in [0.4, 0.5) is 5.69 Å². The Hall–Kier alpha value is -3.41.